The third-order valence-electron chi connectivity index (χ3n) is 3.68. The van der Waals surface area contributed by atoms with Crippen molar-refractivity contribution in [2.24, 2.45) is 0 Å². The van der Waals surface area contributed by atoms with Crippen LogP contribution in [0, 0.1) is 10.5 Å². The van der Waals surface area contributed by atoms with Crippen LogP contribution in [0.1, 0.15) is 13.2 Å². The van der Waals surface area contributed by atoms with Crippen LogP contribution in [0.15, 0.2) is 11.0 Å². The molecule has 6 atom stereocenters. The van der Waals surface area contributed by atoms with E-state index in [1.165, 1.54) is 0 Å². The molecule has 178 valence electrons. The number of hydrogen-bond donors (Lipinski definition) is 6. The van der Waals surface area contributed by atoms with E-state index < -0.39 is 70.3 Å². The molecule has 0 saturated carbocycles. The second-order valence-electron chi connectivity index (χ2n) is 6.18. The fourth-order valence-corrected chi connectivity index (χ4v) is 5.63. The number of rotatable bonds is 8. The monoisotopic (exact) mass is 534 g/mol. The lowest BCUT2D eigenvalue weighted by Gasteiger charge is -2.26. The summed E-state index contributed by atoms with van der Waals surface area (Å²) in [6.45, 7) is -0.378. The second-order valence-corrected chi connectivity index (χ2v) is 11.0. The van der Waals surface area contributed by atoms with Crippen LogP contribution in [0.5, 0.6) is 0 Å². The van der Waals surface area contributed by atoms with Gasteiger partial charge in [-0.1, -0.05) is 12.2 Å². The fourth-order valence-electron chi connectivity index (χ4n) is 2.46. The maximum Gasteiger partial charge on any atom is 0.490 e. The molecule has 15 nitrogen and oxygen atoms in total. The molecule has 0 radical (unpaired) electrons. The van der Waals surface area contributed by atoms with Crippen LogP contribution in [0.25, 0.3) is 0 Å². The number of phosphoric ester groups is 1. The molecular weight excluding hydrogens is 519 g/mol. The molecule has 3 unspecified atom stereocenters. The topological polar surface area (TPSA) is 227 Å². The Morgan fingerprint density at radius 3 is 2.39 bits per heavy atom. The number of nitrogens with zero attached hydrogens (tertiary/aromatic N) is 1. The molecule has 0 spiro atoms. The molecule has 2 rings (SSSR count). The molecule has 1 aromatic rings. The molecule has 6 N–H and O–H groups in total. The van der Waals surface area contributed by atoms with Crippen LogP contribution in [-0.2, 0) is 31.6 Å². The highest BCUT2D eigenvalue weighted by Gasteiger charge is 2.55. The summed E-state index contributed by atoms with van der Waals surface area (Å²) in [7, 11) is -17.0. The molecule has 21 heteroatoms. The molecule has 1 aromatic heterocycles. The number of hydrogen-bond acceptors (Lipinski definition) is 10. The molecule has 0 amide bonds. The van der Waals surface area contributed by atoms with E-state index in [1.54, 1.807) is 0 Å². The van der Waals surface area contributed by atoms with E-state index in [0.29, 0.717) is 10.8 Å². The zero-order valence-electron chi connectivity index (χ0n) is 15.0. The van der Waals surface area contributed by atoms with Crippen molar-refractivity contribution in [1.29, 1.82) is 0 Å². The van der Waals surface area contributed by atoms with Crippen molar-refractivity contribution in [2.75, 3.05) is 6.61 Å². The Balaban J connectivity index is 2.17. The third kappa shape index (κ3) is 6.65. The van der Waals surface area contributed by atoms with Gasteiger partial charge < -0.3 is 29.4 Å². The number of aliphatic hydroxyl groups is 1. The molecular formula is C10H15F2N2O13P3S. The van der Waals surface area contributed by atoms with E-state index in [2.05, 4.69) is 25.4 Å². The quantitative estimate of drug-likeness (QED) is 0.196. The SMILES string of the molecule is C[C@@]1(O)C(F)[C@@H](COP(=O)(O)OP(=O)(O)OP(=O)(O)O)O[C@H]1n1cc(F)c(=S)[nH]c1=O. The number of H-pyrrole nitrogens is 1. The highest BCUT2D eigenvalue weighted by molar-refractivity contribution is 7.71. The standard InChI is InChI=1S/C10H15F2N2O13P3S/c1-10(16)6(12)5(25-8(10)14-2-4(11)7(31)13-9(14)15)3-24-29(20,21)27-30(22,23)26-28(17,18)19/h2,5-6,8,16H,3H2,1H3,(H,20,21)(H,22,23)(H,13,15,31)(H2,17,18,19)/t5-,6?,8-,10-/m1/s1. The van der Waals surface area contributed by atoms with Crippen molar-refractivity contribution in [3.8, 4) is 0 Å². The van der Waals surface area contributed by atoms with Crippen molar-refractivity contribution >= 4 is 35.7 Å². The lowest BCUT2D eigenvalue weighted by Crippen LogP contribution is -2.44. The Morgan fingerprint density at radius 1 is 1.26 bits per heavy atom. The average molecular weight is 534 g/mol. The number of phosphoric acid groups is 3. The minimum atomic E-state index is -5.80. The summed E-state index contributed by atoms with van der Waals surface area (Å²) < 4.78 is 78.0. The average Bonchev–Trinajstić information content (AvgIpc) is 2.76. The van der Waals surface area contributed by atoms with E-state index in [1.807, 2.05) is 4.98 Å². The highest BCUT2D eigenvalue weighted by atomic mass is 32.1. The van der Waals surface area contributed by atoms with Gasteiger partial charge in [0.15, 0.2) is 18.2 Å². The first-order chi connectivity index (χ1) is 13.8. The van der Waals surface area contributed by atoms with Crippen molar-refractivity contribution in [1.82, 2.24) is 9.55 Å². The van der Waals surface area contributed by atoms with Crippen LogP contribution in [-0.4, -0.2) is 58.7 Å². The molecule has 1 aliphatic rings. The minimum absolute atomic E-state index is 0.433. The predicted octanol–water partition coefficient (Wildman–Crippen LogP) is 0.375. The minimum Gasteiger partial charge on any atom is -0.382 e. The van der Waals surface area contributed by atoms with E-state index >= 15 is 0 Å². The summed E-state index contributed by atoms with van der Waals surface area (Å²) in [4.78, 5) is 49.2. The molecule has 0 aliphatic carbocycles. The number of halogens is 2. The van der Waals surface area contributed by atoms with Crippen molar-refractivity contribution in [2.45, 2.75) is 31.0 Å². The predicted molar refractivity (Wildman–Crippen MR) is 95.1 cm³/mol. The first-order valence-electron chi connectivity index (χ1n) is 7.66. The summed E-state index contributed by atoms with van der Waals surface area (Å²) in [6.07, 6.45) is -5.66. The second kappa shape index (κ2) is 8.91. The van der Waals surface area contributed by atoms with Crippen LogP contribution in [0.4, 0.5) is 8.78 Å². The Hall–Kier alpha value is -0.710. The molecule has 0 aromatic carbocycles. The van der Waals surface area contributed by atoms with Gasteiger partial charge in [-0.2, -0.15) is 8.62 Å². The van der Waals surface area contributed by atoms with Gasteiger partial charge in [-0.25, -0.2) is 27.3 Å². The fraction of sp³-hybridized carbons (Fsp3) is 0.600. The number of alkyl halides is 1. The van der Waals surface area contributed by atoms with Gasteiger partial charge in [0.1, 0.15) is 16.3 Å². The Labute approximate surface area is 175 Å². The first-order valence-corrected chi connectivity index (χ1v) is 12.6. The number of ether oxygens (including phenoxy) is 1. The Morgan fingerprint density at radius 2 is 1.84 bits per heavy atom. The normalized spacial score (nSPS) is 30.6. The van der Waals surface area contributed by atoms with Crippen molar-refractivity contribution in [3.63, 3.8) is 0 Å². The van der Waals surface area contributed by atoms with Crippen LogP contribution >= 0.6 is 35.7 Å². The molecule has 0 bridgehead atoms. The largest absolute Gasteiger partial charge is 0.490 e. The van der Waals surface area contributed by atoms with Gasteiger partial charge in [0.05, 0.1) is 12.8 Å². The molecule has 31 heavy (non-hydrogen) atoms. The van der Waals surface area contributed by atoms with Gasteiger partial charge in [-0.3, -0.25) is 14.1 Å². The van der Waals surface area contributed by atoms with E-state index in [4.69, 9.17) is 19.4 Å². The summed E-state index contributed by atoms with van der Waals surface area (Å²) in [5.41, 5.74) is -3.59. The smallest absolute Gasteiger partial charge is 0.382 e. The number of aromatic amines is 1. The highest BCUT2D eigenvalue weighted by Crippen LogP contribution is 2.66. The van der Waals surface area contributed by atoms with Gasteiger partial charge in [0, 0.05) is 0 Å². The molecule has 1 fully saturated rings. The summed E-state index contributed by atoms with van der Waals surface area (Å²) in [6, 6.07) is 0. The first kappa shape index (κ1) is 26.5. The lowest BCUT2D eigenvalue weighted by molar-refractivity contribution is -0.0933. The van der Waals surface area contributed by atoms with Crippen molar-refractivity contribution in [3.05, 3.63) is 27.1 Å². The third-order valence-corrected chi connectivity index (χ3v) is 7.78. The number of nitrogens with one attached hydrogen (secondary N) is 1. The summed E-state index contributed by atoms with van der Waals surface area (Å²) in [5.74, 6) is -1.11. The van der Waals surface area contributed by atoms with Crippen LogP contribution < -0.4 is 5.69 Å². The summed E-state index contributed by atoms with van der Waals surface area (Å²) >= 11 is 4.52. The van der Waals surface area contributed by atoms with Crippen LogP contribution in [0.3, 0.4) is 0 Å². The Kier molecular flexibility index (Phi) is 7.63. The maximum absolute atomic E-state index is 14.6. The van der Waals surface area contributed by atoms with E-state index in [9.17, 15) is 37.3 Å². The number of aromatic nitrogens is 2. The van der Waals surface area contributed by atoms with Gasteiger partial charge in [0.25, 0.3) is 0 Å². The van der Waals surface area contributed by atoms with Gasteiger partial charge in [-0.15, -0.1) is 0 Å². The molecule has 2 heterocycles. The van der Waals surface area contributed by atoms with E-state index in [-0.39, 0.29) is 0 Å². The Bertz CT molecular complexity index is 1100. The van der Waals surface area contributed by atoms with Gasteiger partial charge in [0.2, 0.25) is 0 Å². The van der Waals surface area contributed by atoms with Crippen LogP contribution in [0.2, 0.25) is 0 Å². The maximum atomic E-state index is 14.6. The van der Waals surface area contributed by atoms with Crippen molar-refractivity contribution < 1.29 is 65.0 Å². The van der Waals surface area contributed by atoms with Gasteiger partial charge >= 0.3 is 29.2 Å². The zero-order chi connectivity index (χ0) is 24.0. The lowest BCUT2D eigenvalue weighted by atomic mass is 9.98. The molecule has 1 saturated heterocycles. The van der Waals surface area contributed by atoms with E-state index in [0.717, 1.165) is 6.92 Å². The summed E-state index contributed by atoms with van der Waals surface area (Å²) in [5, 5.41) is 10.3. The van der Waals surface area contributed by atoms with Gasteiger partial charge in [-0.05, 0) is 6.92 Å². The molecule has 1 aliphatic heterocycles. The zero-order valence-corrected chi connectivity index (χ0v) is 18.5.